The quantitative estimate of drug-likeness (QED) is 0.350. The Morgan fingerprint density at radius 2 is 1.78 bits per heavy atom. The van der Waals surface area contributed by atoms with E-state index in [1.807, 2.05) is 12.1 Å². The summed E-state index contributed by atoms with van der Waals surface area (Å²) < 4.78 is 0. The average Bonchev–Trinajstić information content (AvgIpc) is 3.20. The van der Waals surface area contributed by atoms with Gasteiger partial charge in [0, 0.05) is 41.0 Å². The van der Waals surface area contributed by atoms with Crippen LogP contribution in [0, 0.1) is 17.0 Å². The molecule has 1 amide bonds. The fourth-order valence-corrected chi connectivity index (χ4v) is 3.98. The maximum atomic E-state index is 12.6. The first-order chi connectivity index (χ1) is 15.5. The molecule has 4 aromatic rings. The molecule has 7 nitrogen and oxygen atoms in total. The topological polar surface area (TPSA) is 88.4 Å². The average molecular weight is 424 g/mol. The molecule has 1 aliphatic rings. The minimum Gasteiger partial charge on any atom is -0.326 e. The van der Waals surface area contributed by atoms with Gasteiger partial charge in [0.2, 0.25) is 0 Å². The molecule has 1 N–H and O–H groups in total. The van der Waals surface area contributed by atoms with E-state index in [0.29, 0.717) is 11.3 Å². The number of fused-ring (bicyclic) bond motifs is 2. The van der Waals surface area contributed by atoms with Crippen molar-refractivity contribution in [2.75, 3.05) is 16.8 Å². The van der Waals surface area contributed by atoms with E-state index in [2.05, 4.69) is 41.4 Å². The van der Waals surface area contributed by atoms with Crippen LogP contribution in [-0.4, -0.2) is 22.4 Å². The van der Waals surface area contributed by atoms with Crippen molar-refractivity contribution in [3.63, 3.8) is 0 Å². The maximum Gasteiger partial charge on any atom is 0.269 e. The van der Waals surface area contributed by atoms with E-state index in [1.54, 1.807) is 12.1 Å². The van der Waals surface area contributed by atoms with Crippen molar-refractivity contribution in [1.82, 2.24) is 4.98 Å². The lowest BCUT2D eigenvalue weighted by Gasteiger charge is -2.19. The van der Waals surface area contributed by atoms with Crippen LogP contribution in [0.25, 0.3) is 10.9 Å². The highest BCUT2D eigenvalue weighted by atomic mass is 16.6. The van der Waals surface area contributed by atoms with E-state index in [4.69, 9.17) is 4.98 Å². The fraction of sp³-hybridized carbons (Fsp3) is 0.120. The first-order valence-electron chi connectivity index (χ1n) is 10.3. The lowest BCUT2D eigenvalue weighted by molar-refractivity contribution is -0.384. The first kappa shape index (κ1) is 19.7. The molecular weight excluding hydrogens is 404 g/mol. The van der Waals surface area contributed by atoms with Crippen molar-refractivity contribution in [3.05, 3.63) is 99.6 Å². The van der Waals surface area contributed by atoms with Gasteiger partial charge < -0.3 is 10.2 Å². The highest BCUT2D eigenvalue weighted by molar-refractivity contribution is 6.04. The van der Waals surface area contributed by atoms with Gasteiger partial charge in [-0.2, -0.15) is 0 Å². The van der Waals surface area contributed by atoms with Crippen LogP contribution in [0.3, 0.4) is 0 Å². The number of carbonyl (C=O) groups excluding carboxylic acids is 1. The molecule has 32 heavy (non-hydrogen) atoms. The Balaban J connectivity index is 1.35. The summed E-state index contributed by atoms with van der Waals surface area (Å²) in [6.07, 6.45) is 0.925. The van der Waals surface area contributed by atoms with Crippen molar-refractivity contribution in [2.24, 2.45) is 0 Å². The molecule has 0 aliphatic carbocycles. The largest absolute Gasteiger partial charge is 0.326 e. The number of aryl methyl sites for hydroxylation is 1. The molecule has 158 valence electrons. The number of aromatic nitrogens is 1. The van der Waals surface area contributed by atoms with Crippen LogP contribution in [-0.2, 0) is 6.42 Å². The number of amides is 1. The van der Waals surface area contributed by atoms with Gasteiger partial charge in [-0.05, 0) is 73.0 Å². The number of benzene rings is 3. The summed E-state index contributed by atoms with van der Waals surface area (Å²) in [5, 5.41) is 14.7. The predicted molar refractivity (Wildman–Crippen MR) is 125 cm³/mol. The van der Waals surface area contributed by atoms with Gasteiger partial charge in [0.15, 0.2) is 0 Å². The summed E-state index contributed by atoms with van der Waals surface area (Å²) >= 11 is 0. The second-order valence-electron chi connectivity index (χ2n) is 7.87. The molecule has 0 fully saturated rings. The maximum absolute atomic E-state index is 12.6. The molecule has 0 saturated carbocycles. The van der Waals surface area contributed by atoms with E-state index >= 15 is 0 Å². The summed E-state index contributed by atoms with van der Waals surface area (Å²) in [4.78, 5) is 29.9. The number of nitro benzene ring substituents is 1. The van der Waals surface area contributed by atoms with E-state index in [0.717, 1.165) is 35.4 Å². The van der Waals surface area contributed by atoms with Crippen LogP contribution in [0.15, 0.2) is 72.8 Å². The molecule has 0 atom stereocenters. The standard InChI is InChI=1S/C25H20N4O3/c1-16-2-3-18-15-19-12-13-28(24(19)27-23(18)14-16)21-8-4-17(5-9-21)25(30)26-20-6-10-22(11-7-20)29(31)32/h2-11,14-15H,12-13H2,1H3,(H,26,30). The summed E-state index contributed by atoms with van der Waals surface area (Å²) in [5.74, 6) is 0.693. The third kappa shape index (κ3) is 3.65. The summed E-state index contributed by atoms with van der Waals surface area (Å²) in [7, 11) is 0. The number of carbonyl (C=O) groups is 1. The van der Waals surface area contributed by atoms with Crippen molar-refractivity contribution >= 4 is 39.7 Å². The van der Waals surface area contributed by atoms with Gasteiger partial charge in [-0.1, -0.05) is 12.1 Å². The number of nitrogens with zero attached hydrogens (tertiary/aromatic N) is 3. The third-order valence-electron chi connectivity index (χ3n) is 5.67. The lowest BCUT2D eigenvalue weighted by Crippen LogP contribution is -2.15. The van der Waals surface area contributed by atoms with Gasteiger partial charge in [0.1, 0.15) is 5.82 Å². The molecule has 0 unspecified atom stereocenters. The molecule has 3 aromatic carbocycles. The molecule has 1 aliphatic heterocycles. The Hall–Kier alpha value is -4.26. The van der Waals surface area contributed by atoms with Gasteiger partial charge in [-0.15, -0.1) is 0 Å². The smallest absolute Gasteiger partial charge is 0.269 e. The second-order valence-corrected chi connectivity index (χ2v) is 7.87. The zero-order chi connectivity index (χ0) is 22.2. The third-order valence-corrected chi connectivity index (χ3v) is 5.67. The lowest BCUT2D eigenvalue weighted by atomic mass is 10.1. The molecule has 0 saturated heterocycles. The van der Waals surface area contributed by atoms with Gasteiger partial charge in [-0.25, -0.2) is 4.98 Å². The first-order valence-corrected chi connectivity index (χ1v) is 10.3. The Kier molecular flexibility index (Phi) is 4.78. The number of nitro groups is 1. The van der Waals surface area contributed by atoms with Crippen molar-refractivity contribution in [3.8, 4) is 0 Å². The van der Waals surface area contributed by atoms with Crippen molar-refractivity contribution in [1.29, 1.82) is 0 Å². The van der Waals surface area contributed by atoms with E-state index in [1.165, 1.54) is 35.4 Å². The van der Waals surface area contributed by atoms with E-state index in [-0.39, 0.29) is 11.6 Å². The fourth-order valence-electron chi connectivity index (χ4n) is 3.98. The molecule has 2 heterocycles. The highest BCUT2D eigenvalue weighted by Gasteiger charge is 2.23. The number of pyridine rings is 1. The Morgan fingerprint density at radius 3 is 2.50 bits per heavy atom. The summed E-state index contributed by atoms with van der Waals surface area (Å²) in [5.41, 5.74) is 5.36. The predicted octanol–water partition coefficient (Wildman–Crippen LogP) is 5.40. The van der Waals surface area contributed by atoms with Gasteiger partial charge in [-0.3, -0.25) is 14.9 Å². The summed E-state index contributed by atoms with van der Waals surface area (Å²) in [6, 6.07) is 21.7. The van der Waals surface area contributed by atoms with E-state index < -0.39 is 4.92 Å². The van der Waals surface area contributed by atoms with Crippen LogP contribution < -0.4 is 10.2 Å². The highest BCUT2D eigenvalue weighted by Crippen LogP contribution is 2.35. The zero-order valence-corrected chi connectivity index (χ0v) is 17.4. The Bertz CT molecular complexity index is 1350. The van der Waals surface area contributed by atoms with Crippen molar-refractivity contribution in [2.45, 2.75) is 13.3 Å². The second kappa shape index (κ2) is 7.77. The molecule has 1 aromatic heterocycles. The number of hydrogen-bond donors (Lipinski definition) is 1. The van der Waals surface area contributed by atoms with Gasteiger partial charge in [0.25, 0.3) is 11.6 Å². The monoisotopic (exact) mass is 424 g/mol. The molecule has 0 spiro atoms. The van der Waals surface area contributed by atoms with Gasteiger partial charge in [0.05, 0.1) is 10.4 Å². The molecule has 5 rings (SSSR count). The molecule has 0 radical (unpaired) electrons. The molecule has 7 heteroatoms. The van der Waals surface area contributed by atoms with Crippen LogP contribution in [0.4, 0.5) is 22.9 Å². The number of rotatable bonds is 4. The number of anilines is 3. The van der Waals surface area contributed by atoms with Gasteiger partial charge >= 0.3 is 0 Å². The SMILES string of the molecule is Cc1ccc2cc3c(nc2c1)N(c1ccc(C(=O)Nc2ccc([N+](=O)[O-])cc2)cc1)CC3. The van der Waals surface area contributed by atoms with Crippen molar-refractivity contribution < 1.29 is 9.72 Å². The number of nitrogens with one attached hydrogen (secondary N) is 1. The van der Waals surface area contributed by atoms with E-state index in [9.17, 15) is 14.9 Å². The normalized spacial score (nSPS) is 12.6. The minimum absolute atomic E-state index is 0.0187. The molecular formula is C25H20N4O3. The van der Waals surface area contributed by atoms with Crippen LogP contribution in [0.1, 0.15) is 21.5 Å². The number of hydrogen-bond acceptors (Lipinski definition) is 5. The van der Waals surface area contributed by atoms with Crippen LogP contribution in [0.2, 0.25) is 0 Å². The summed E-state index contributed by atoms with van der Waals surface area (Å²) in [6.45, 7) is 2.90. The number of non-ortho nitro benzene ring substituents is 1. The Labute approximate surface area is 184 Å². The van der Waals surface area contributed by atoms with Crippen LogP contribution in [0.5, 0.6) is 0 Å². The van der Waals surface area contributed by atoms with Crippen LogP contribution >= 0.6 is 0 Å². The minimum atomic E-state index is -0.473. The molecule has 0 bridgehead atoms. The zero-order valence-electron chi connectivity index (χ0n) is 17.4. The Morgan fingerprint density at radius 1 is 1.03 bits per heavy atom.